The summed E-state index contributed by atoms with van der Waals surface area (Å²) in [7, 11) is 0. The second-order valence-corrected chi connectivity index (χ2v) is 6.62. The molecular weight excluding hydrogens is 368 g/mol. The van der Waals surface area contributed by atoms with Crippen LogP contribution in [0.4, 0.5) is 11.5 Å². The van der Waals surface area contributed by atoms with Gasteiger partial charge in [-0.15, -0.1) is 0 Å². The van der Waals surface area contributed by atoms with Gasteiger partial charge in [-0.05, 0) is 30.5 Å². The molecule has 0 fully saturated rings. The van der Waals surface area contributed by atoms with Gasteiger partial charge in [0.15, 0.2) is 11.5 Å². The Kier molecular flexibility index (Phi) is 5.85. The van der Waals surface area contributed by atoms with Gasteiger partial charge in [0, 0.05) is 18.3 Å². The smallest absolute Gasteiger partial charge is 0.275 e. The fraction of sp³-hybridized carbons (Fsp3) is 0.227. The van der Waals surface area contributed by atoms with E-state index in [1.807, 2.05) is 18.2 Å². The fourth-order valence-electron chi connectivity index (χ4n) is 3.01. The fourth-order valence-corrected chi connectivity index (χ4v) is 3.01. The minimum atomic E-state index is -0.329. The summed E-state index contributed by atoms with van der Waals surface area (Å²) in [6.07, 6.45) is 5.02. The quantitative estimate of drug-likeness (QED) is 0.600. The Bertz CT molecular complexity index is 962. The van der Waals surface area contributed by atoms with Gasteiger partial charge >= 0.3 is 0 Å². The van der Waals surface area contributed by atoms with Crippen molar-refractivity contribution in [1.29, 1.82) is 0 Å². The van der Waals surface area contributed by atoms with Crippen LogP contribution in [0, 0.1) is 0 Å². The standard InChI is InChI=1S/C22H22N4O3/c27-22(26-17-8-9-19-20(13-17)29-12-11-28-19)18-14-25-21(15-24-18)23-10-4-7-16-5-2-1-3-6-16/h1-3,5-6,8-9,13-15H,4,7,10-12H2,(H,23,25)(H,26,27). The molecule has 0 atom stereocenters. The van der Waals surface area contributed by atoms with Gasteiger partial charge in [-0.2, -0.15) is 0 Å². The van der Waals surface area contributed by atoms with Gasteiger partial charge in [-0.3, -0.25) is 4.79 Å². The first-order valence-corrected chi connectivity index (χ1v) is 9.59. The lowest BCUT2D eigenvalue weighted by Crippen LogP contribution is -2.17. The predicted octanol–water partition coefficient (Wildman–Crippen LogP) is 3.54. The van der Waals surface area contributed by atoms with Crippen molar-refractivity contribution in [2.24, 2.45) is 0 Å². The van der Waals surface area contributed by atoms with Crippen LogP contribution in [0.5, 0.6) is 11.5 Å². The average molecular weight is 390 g/mol. The Hall–Kier alpha value is -3.61. The Labute approximate surface area is 169 Å². The molecule has 2 heterocycles. The summed E-state index contributed by atoms with van der Waals surface area (Å²) < 4.78 is 11.0. The Morgan fingerprint density at radius 3 is 2.59 bits per heavy atom. The van der Waals surface area contributed by atoms with Crippen LogP contribution < -0.4 is 20.1 Å². The lowest BCUT2D eigenvalue weighted by molar-refractivity contribution is 0.102. The molecule has 1 aliphatic heterocycles. The predicted molar refractivity (Wildman–Crippen MR) is 111 cm³/mol. The lowest BCUT2D eigenvalue weighted by Gasteiger charge is -2.18. The van der Waals surface area contributed by atoms with E-state index in [0.29, 0.717) is 36.2 Å². The molecule has 0 radical (unpaired) electrons. The molecule has 0 aliphatic carbocycles. The third kappa shape index (κ3) is 5.01. The number of amides is 1. The van der Waals surface area contributed by atoms with Crippen molar-refractivity contribution in [2.45, 2.75) is 12.8 Å². The van der Waals surface area contributed by atoms with Crippen LogP contribution in [0.25, 0.3) is 0 Å². The van der Waals surface area contributed by atoms with E-state index >= 15 is 0 Å². The Morgan fingerprint density at radius 1 is 0.966 bits per heavy atom. The van der Waals surface area contributed by atoms with Crippen molar-refractivity contribution in [2.75, 3.05) is 30.4 Å². The van der Waals surface area contributed by atoms with Gasteiger partial charge in [0.05, 0.1) is 12.4 Å². The minimum Gasteiger partial charge on any atom is -0.486 e. The SMILES string of the molecule is O=C(Nc1ccc2c(c1)OCCO2)c1cnc(NCCCc2ccccc2)cn1. The average Bonchev–Trinajstić information content (AvgIpc) is 2.78. The number of benzene rings is 2. The van der Waals surface area contributed by atoms with Gasteiger partial charge < -0.3 is 20.1 Å². The highest BCUT2D eigenvalue weighted by atomic mass is 16.6. The van der Waals surface area contributed by atoms with E-state index in [1.54, 1.807) is 24.4 Å². The second kappa shape index (κ2) is 9.05. The maximum Gasteiger partial charge on any atom is 0.275 e. The first kappa shape index (κ1) is 18.7. The molecule has 7 nitrogen and oxygen atoms in total. The number of nitrogens with zero attached hydrogens (tertiary/aromatic N) is 2. The molecule has 0 bridgehead atoms. The lowest BCUT2D eigenvalue weighted by atomic mass is 10.1. The molecule has 2 aromatic carbocycles. The zero-order valence-corrected chi connectivity index (χ0v) is 15.9. The number of hydrogen-bond acceptors (Lipinski definition) is 6. The first-order chi connectivity index (χ1) is 14.3. The number of aryl methyl sites for hydroxylation is 1. The molecule has 1 aliphatic rings. The summed E-state index contributed by atoms with van der Waals surface area (Å²) >= 11 is 0. The number of hydrogen-bond donors (Lipinski definition) is 2. The molecular formula is C22H22N4O3. The Morgan fingerprint density at radius 2 is 1.79 bits per heavy atom. The molecule has 0 saturated heterocycles. The summed E-state index contributed by atoms with van der Waals surface area (Å²) in [5, 5.41) is 6.03. The van der Waals surface area contributed by atoms with E-state index < -0.39 is 0 Å². The third-order valence-corrected chi connectivity index (χ3v) is 4.48. The highest BCUT2D eigenvalue weighted by Crippen LogP contribution is 2.32. The van der Waals surface area contributed by atoms with Crippen LogP contribution in [0.3, 0.4) is 0 Å². The van der Waals surface area contributed by atoms with Gasteiger partial charge in [0.1, 0.15) is 24.7 Å². The number of aromatic nitrogens is 2. The molecule has 0 saturated carbocycles. The van der Waals surface area contributed by atoms with Gasteiger partial charge in [0.25, 0.3) is 5.91 Å². The molecule has 4 rings (SSSR count). The van der Waals surface area contributed by atoms with Crippen LogP contribution in [-0.4, -0.2) is 35.6 Å². The summed E-state index contributed by atoms with van der Waals surface area (Å²) in [4.78, 5) is 20.9. The number of nitrogens with one attached hydrogen (secondary N) is 2. The summed E-state index contributed by atoms with van der Waals surface area (Å²) in [6.45, 7) is 1.81. The van der Waals surface area contributed by atoms with Crippen molar-refractivity contribution >= 4 is 17.4 Å². The van der Waals surface area contributed by atoms with E-state index in [9.17, 15) is 4.79 Å². The normalized spacial score (nSPS) is 12.3. The van der Waals surface area contributed by atoms with Crippen molar-refractivity contribution in [3.63, 3.8) is 0 Å². The zero-order chi connectivity index (χ0) is 19.9. The number of anilines is 2. The number of carbonyl (C=O) groups is 1. The summed E-state index contributed by atoms with van der Waals surface area (Å²) in [5.74, 6) is 1.62. The molecule has 0 unspecified atom stereocenters. The molecule has 7 heteroatoms. The minimum absolute atomic E-state index is 0.245. The molecule has 29 heavy (non-hydrogen) atoms. The molecule has 148 valence electrons. The molecule has 1 amide bonds. The van der Waals surface area contributed by atoms with Crippen LogP contribution in [0.15, 0.2) is 60.9 Å². The maximum atomic E-state index is 12.4. The monoisotopic (exact) mass is 390 g/mol. The Balaban J connectivity index is 1.27. The number of ether oxygens (including phenoxy) is 2. The number of rotatable bonds is 7. The molecule has 1 aromatic heterocycles. The first-order valence-electron chi connectivity index (χ1n) is 9.59. The van der Waals surface area contributed by atoms with E-state index in [4.69, 9.17) is 9.47 Å². The van der Waals surface area contributed by atoms with E-state index in [0.717, 1.165) is 19.4 Å². The second-order valence-electron chi connectivity index (χ2n) is 6.62. The largest absolute Gasteiger partial charge is 0.486 e. The maximum absolute atomic E-state index is 12.4. The highest BCUT2D eigenvalue weighted by Gasteiger charge is 2.14. The van der Waals surface area contributed by atoms with Gasteiger partial charge in [-0.25, -0.2) is 9.97 Å². The van der Waals surface area contributed by atoms with Crippen LogP contribution in [0.1, 0.15) is 22.5 Å². The highest BCUT2D eigenvalue weighted by molar-refractivity contribution is 6.02. The van der Waals surface area contributed by atoms with Crippen LogP contribution in [0.2, 0.25) is 0 Å². The van der Waals surface area contributed by atoms with Crippen molar-refractivity contribution in [1.82, 2.24) is 9.97 Å². The zero-order valence-electron chi connectivity index (χ0n) is 15.9. The van der Waals surface area contributed by atoms with E-state index in [1.165, 1.54) is 11.8 Å². The van der Waals surface area contributed by atoms with Crippen molar-refractivity contribution in [3.8, 4) is 11.5 Å². The molecule has 3 aromatic rings. The number of fused-ring (bicyclic) bond motifs is 1. The summed E-state index contributed by atoms with van der Waals surface area (Å²) in [6, 6.07) is 15.6. The van der Waals surface area contributed by atoms with Gasteiger partial charge in [-0.1, -0.05) is 30.3 Å². The summed E-state index contributed by atoms with van der Waals surface area (Å²) in [5.41, 5.74) is 2.17. The van der Waals surface area contributed by atoms with Crippen molar-refractivity contribution < 1.29 is 14.3 Å². The van der Waals surface area contributed by atoms with Crippen molar-refractivity contribution in [3.05, 3.63) is 72.2 Å². The molecule has 2 N–H and O–H groups in total. The van der Waals surface area contributed by atoms with Crippen LogP contribution in [-0.2, 0) is 6.42 Å². The third-order valence-electron chi connectivity index (χ3n) is 4.48. The van der Waals surface area contributed by atoms with E-state index in [2.05, 4.69) is 32.7 Å². The number of carbonyl (C=O) groups excluding carboxylic acids is 1. The van der Waals surface area contributed by atoms with E-state index in [-0.39, 0.29) is 11.6 Å². The van der Waals surface area contributed by atoms with Gasteiger partial charge in [0.2, 0.25) is 0 Å². The molecule has 0 spiro atoms. The van der Waals surface area contributed by atoms with Crippen LogP contribution >= 0.6 is 0 Å². The topological polar surface area (TPSA) is 85.4 Å².